The lowest BCUT2D eigenvalue weighted by atomic mass is 9.94. The fourth-order valence-corrected chi connectivity index (χ4v) is 2.84. The first kappa shape index (κ1) is 15.8. The number of hydrogen-bond acceptors (Lipinski definition) is 3. The molecule has 2 rings (SSSR count). The SMILES string of the molecule is CCCC1=C(C(=O)OC)[C@@H](c2ccccc2Cl)NC(=S)N1. The van der Waals surface area contributed by atoms with Gasteiger partial charge in [-0.1, -0.05) is 43.1 Å². The summed E-state index contributed by atoms with van der Waals surface area (Å²) in [6, 6.07) is 6.99. The summed E-state index contributed by atoms with van der Waals surface area (Å²) in [6.45, 7) is 2.04. The molecule has 1 aliphatic rings. The predicted octanol–water partition coefficient (Wildman–Crippen LogP) is 3.09. The molecule has 0 aliphatic carbocycles. The van der Waals surface area contributed by atoms with Crippen molar-refractivity contribution in [1.82, 2.24) is 10.6 Å². The number of rotatable bonds is 4. The normalized spacial score (nSPS) is 18.0. The van der Waals surface area contributed by atoms with E-state index in [2.05, 4.69) is 10.6 Å². The third-order valence-electron chi connectivity index (χ3n) is 3.28. The van der Waals surface area contributed by atoms with Gasteiger partial charge in [-0.3, -0.25) is 0 Å². The van der Waals surface area contributed by atoms with Crippen molar-refractivity contribution in [3.8, 4) is 0 Å². The van der Waals surface area contributed by atoms with E-state index in [1.807, 2.05) is 25.1 Å². The van der Waals surface area contributed by atoms with Gasteiger partial charge in [0.15, 0.2) is 5.11 Å². The number of nitrogens with one attached hydrogen (secondary N) is 2. The van der Waals surface area contributed by atoms with Crippen molar-refractivity contribution in [3.63, 3.8) is 0 Å². The number of allylic oxidation sites excluding steroid dienone is 1. The molecular weight excluding hydrogens is 308 g/mol. The van der Waals surface area contributed by atoms with Crippen LogP contribution in [0.3, 0.4) is 0 Å². The molecular formula is C15H17ClN2O2S. The Morgan fingerprint density at radius 3 is 2.76 bits per heavy atom. The average Bonchev–Trinajstić information content (AvgIpc) is 2.47. The standard InChI is InChI=1S/C15H17ClN2O2S/c1-3-6-11-12(14(19)20-2)13(18-15(21)17-11)9-7-4-5-8-10(9)16/h4-5,7-8,13H,3,6H2,1-2H3,(H2,17,18,21)/t13-/m1/s1. The second-order valence-corrected chi connectivity index (χ2v) is 5.50. The van der Waals surface area contributed by atoms with E-state index in [4.69, 9.17) is 28.6 Å². The monoisotopic (exact) mass is 324 g/mol. The highest BCUT2D eigenvalue weighted by atomic mass is 35.5. The fraction of sp³-hybridized carbons (Fsp3) is 0.333. The van der Waals surface area contributed by atoms with Gasteiger partial charge in [-0.2, -0.15) is 0 Å². The number of carbonyl (C=O) groups excluding carboxylic acids is 1. The molecule has 112 valence electrons. The second kappa shape index (κ2) is 6.91. The van der Waals surface area contributed by atoms with Crippen molar-refractivity contribution in [3.05, 3.63) is 46.1 Å². The van der Waals surface area contributed by atoms with Crippen molar-refractivity contribution >= 4 is 34.9 Å². The second-order valence-electron chi connectivity index (χ2n) is 4.69. The van der Waals surface area contributed by atoms with Gasteiger partial charge in [0.05, 0.1) is 18.7 Å². The molecule has 1 atom stereocenters. The van der Waals surface area contributed by atoms with Crippen molar-refractivity contribution < 1.29 is 9.53 Å². The molecule has 0 fully saturated rings. The van der Waals surface area contributed by atoms with Gasteiger partial charge in [-0.05, 0) is 30.3 Å². The zero-order valence-corrected chi connectivity index (χ0v) is 13.5. The van der Waals surface area contributed by atoms with Crippen LogP contribution in [0, 0.1) is 0 Å². The summed E-state index contributed by atoms with van der Waals surface area (Å²) in [5, 5.41) is 7.23. The van der Waals surface area contributed by atoms with Crippen LogP contribution in [0.2, 0.25) is 5.02 Å². The minimum absolute atomic E-state index is 0.383. The number of carbonyl (C=O) groups is 1. The van der Waals surface area contributed by atoms with E-state index in [-0.39, 0.29) is 5.97 Å². The minimum atomic E-state index is -0.401. The maximum atomic E-state index is 12.2. The summed E-state index contributed by atoms with van der Waals surface area (Å²) in [6.07, 6.45) is 1.61. The van der Waals surface area contributed by atoms with Crippen LogP contribution in [-0.2, 0) is 9.53 Å². The van der Waals surface area contributed by atoms with E-state index in [1.165, 1.54) is 7.11 Å². The zero-order valence-electron chi connectivity index (χ0n) is 11.9. The van der Waals surface area contributed by atoms with Gasteiger partial charge < -0.3 is 15.4 Å². The van der Waals surface area contributed by atoms with Gasteiger partial charge >= 0.3 is 5.97 Å². The van der Waals surface area contributed by atoms with Crippen LogP contribution in [0.25, 0.3) is 0 Å². The molecule has 0 saturated carbocycles. The molecule has 1 aromatic rings. The summed E-state index contributed by atoms with van der Waals surface area (Å²) >= 11 is 11.5. The number of halogens is 1. The third-order valence-corrected chi connectivity index (χ3v) is 3.84. The van der Waals surface area contributed by atoms with Crippen molar-refractivity contribution in [1.29, 1.82) is 0 Å². The maximum absolute atomic E-state index is 12.2. The molecule has 1 aromatic carbocycles. The Labute approximate surface area is 134 Å². The van der Waals surface area contributed by atoms with Crippen LogP contribution in [-0.4, -0.2) is 18.2 Å². The molecule has 0 spiro atoms. The number of benzene rings is 1. The lowest BCUT2D eigenvalue weighted by Crippen LogP contribution is -2.45. The zero-order chi connectivity index (χ0) is 15.4. The maximum Gasteiger partial charge on any atom is 0.337 e. The Hall–Kier alpha value is -1.59. The Kier molecular flexibility index (Phi) is 5.20. The quantitative estimate of drug-likeness (QED) is 0.658. The lowest BCUT2D eigenvalue weighted by Gasteiger charge is -2.31. The van der Waals surface area contributed by atoms with E-state index in [0.717, 1.165) is 17.7 Å². The van der Waals surface area contributed by atoms with Crippen LogP contribution in [0.15, 0.2) is 35.5 Å². The van der Waals surface area contributed by atoms with Gasteiger partial charge in [-0.15, -0.1) is 0 Å². The van der Waals surface area contributed by atoms with E-state index < -0.39 is 6.04 Å². The highest BCUT2D eigenvalue weighted by molar-refractivity contribution is 7.80. The van der Waals surface area contributed by atoms with E-state index in [0.29, 0.717) is 22.1 Å². The topological polar surface area (TPSA) is 50.4 Å². The third kappa shape index (κ3) is 3.36. The molecule has 0 aromatic heterocycles. The first-order valence-electron chi connectivity index (χ1n) is 6.71. The Balaban J connectivity index is 2.55. The minimum Gasteiger partial charge on any atom is -0.466 e. The lowest BCUT2D eigenvalue weighted by molar-refractivity contribution is -0.136. The van der Waals surface area contributed by atoms with Crippen molar-refractivity contribution in [2.75, 3.05) is 7.11 Å². The largest absolute Gasteiger partial charge is 0.466 e. The summed E-state index contributed by atoms with van der Waals surface area (Å²) in [4.78, 5) is 12.2. The first-order valence-corrected chi connectivity index (χ1v) is 7.50. The van der Waals surface area contributed by atoms with Crippen molar-refractivity contribution in [2.45, 2.75) is 25.8 Å². The van der Waals surface area contributed by atoms with Crippen LogP contribution in [0.5, 0.6) is 0 Å². The Bertz CT molecular complexity index is 601. The molecule has 1 heterocycles. The molecule has 0 bridgehead atoms. The molecule has 0 amide bonds. The number of thiocarbonyl (C=S) groups is 1. The van der Waals surface area contributed by atoms with Crippen LogP contribution >= 0.6 is 23.8 Å². The van der Waals surface area contributed by atoms with Crippen LogP contribution < -0.4 is 10.6 Å². The molecule has 0 unspecified atom stereocenters. The number of esters is 1. The number of ether oxygens (including phenoxy) is 1. The molecule has 0 radical (unpaired) electrons. The predicted molar refractivity (Wildman–Crippen MR) is 87.0 cm³/mol. The smallest absolute Gasteiger partial charge is 0.337 e. The molecule has 1 aliphatic heterocycles. The Morgan fingerprint density at radius 1 is 1.43 bits per heavy atom. The molecule has 4 nitrogen and oxygen atoms in total. The van der Waals surface area contributed by atoms with Gasteiger partial charge in [-0.25, -0.2) is 4.79 Å². The Morgan fingerprint density at radius 2 is 2.14 bits per heavy atom. The van der Waals surface area contributed by atoms with E-state index in [1.54, 1.807) is 6.07 Å². The fourth-order valence-electron chi connectivity index (χ4n) is 2.36. The average molecular weight is 325 g/mol. The van der Waals surface area contributed by atoms with E-state index >= 15 is 0 Å². The number of methoxy groups -OCH3 is 1. The van der Waals surface area contributed by atoms with Crippen molar-refractivity contribution in [2.24, 2.45) is 0 Å². The molecule has 6 heteroatoms. The molecule has 21 heavy (non-hydrogen) atoms. The summed E-state index contributed by atoms with van der Waals surface area (Å²) in [7, 11) is 1.37. The summed E-state index contributed by atoms with van der Waals surface area (Å²) < 4.78 is 4.93. The van der Waals surface area contributed by atoms with Gasteiger partial charge in [0, 0.05) is 10.7 Å². The van der Waals surface area contributed by atoms with Gasteiger partial charge in [0.1, 0.15) is 0 Å². The highest BCUT2D eigenvalue weighted by Crippen LogP contribution is 2.33. The van der Waals surface area contributed by atoms with Gasteiger partial charge in [0.2, 0.25) is 0 Å². The van der Waals surface area contributed by atoms with Crippen LogP contribution in [0.1, 0.15) is 31.4 Å². The van der Waals surface area contributed by atoms with Gasteiger partial charge in [0.25, 0.3) is 0 Å². The van der Waals surface area contributed by atoms with E-state index in [9.17, 15) is 4.79 Å². The van der Waals surface area contributed by atoms with Crippen LogP contribution in [0.4, 0.5) is 0 Å². The molecule has 0 saturated heterocycles. The summed E-state index contributed by atoms with van der Waals surface area (Å²) in [5.74, 6) is -0.383. The molecule has 2 N–H and O–H groups in total. The summed E-state index contributed by atoms with van der Waals surface area (Å²) in [5.41, 5.74) is 2.12. The first-order chi connectivity index (χ1) is 10.1. The highest BCUT2D eigenvalue weighted by Gasteiger charge is 2.32. The number of hydrogen-bond donors (Lipinski definition) is 2.